The summed E-state index contributed by atoms with van der Waals surface area (Å²) >= 11 is 0. The second-order valence-corrected chi connectivity index (χ2v) is 8.14. The van der Waals surface area contributed by atoms with Crippen molar-refractivity contribution in [2.45, 2.75) is 65.0 Å². The lowest BCUT2D eigenvalue weighted by molar-refractivity contribution is -0.116. The van der Waals surface area contributed by atoms with Gasteiger partial charge in [-0.3, -0.25) is 14.7 Å². The average molecular weight is 388 g/mol. The summed E-state index contributed by atoms with van der Waals surface area (Å²) in [6.07, 6.45) is 5.33. The summed E-state index contributed by atoms with van der Waals surface area (Å²) in [5.41, 5.74) is 2.04. The molecule has 0 unspecified atom stereocenters. The second kappa shape index (κ2) is 11.1. The lowest BCUT2D eigenvalue weighted by atomic mass is 9.98. The number of guanidine groups is 1. The standard InChI is InChI=1S/C22H37N5O/c1-5-10-20(28)26-19-12-9-11-18(15-19)16-24-21(23-4)25-17-22(2,3)27-13-7-6-8-14-27/h9,11-12,15H,5-8,10,13-14,16-17H2,1-4H3,(H,26,28)(H2,23,24,25). The Bertz CT molecular complexity index is 650. The number of carbonyl (C=O) groups is 1. The average Bonchev–Trinajstić information content (AvgIpc) is 2.69. The molecule has 1 fully saturated rings. The van der Waals surface area contributed by atoms with Crippen LogP contribution in [0.15, 0.2) is 29.3 Å². The van der Waals surface area contributed by atoms with Crippen molar-refractivity contribution < 1.29 is 4.79 Å². The zero-order valence-corrected chi connectivity index (χ0v) is 18.0. The van der Waals surface area contributed by atoms with Crippen LogP contribution in [0.4, 0.5) is 5.69 Å². The minimum atomic E-state index is 0.0602. The largest absolute Gasteiger partial charge is 0.355 e. The Morgan fingerprint density at radius 1 is 1.18 bits per heavy atom. The Morgan fingerprint density at radius 2 is 1.93 bits per heavy atom. The zero-order chi connectivity index (χ0) is 20.4. The van der Waals surface area contributed by atoms with Crippen LogP contribution in [0.2, 0.25) is 0 Å². The molecule has 0 bridgehead atoms. The molecule has 1 aliphatic heterocycles. The van der Waals surface area contributed by atoms with Gasteiger partial charge in [0.2, 0.25) is 5.91 Å². The quantitative estimate of drug-likeness (QED) is 0.473. The summed E-state index contributed by atoms with van der Waals surface area (Å²) in [7, 11) is 1.80. The molecule has 156 valence electrons. The number of carbonyl (C=O) groups excluding carboxylic acids is 1. The van der Waals surface area contributed by atoms with Crippen molar-refractivity contribution in [3.05, 3.63) is 29.8 Å². The zero-order valence-electron chi connectivity index (χ0n) is 18.0. The van der Waals surface area contributed by atoms with Crippen molar-refractivity contribution in [2.75, 3.05) is 32.0 Å². The maximum absolute atomic E-state index is 11.8. The molecule has 1 heterocycles. The number of hydrogen-bond donors (Lipinski definition) is 3. The van der Waals surface area contributed by atoms with Gasteiger partial charge >= 0.3 is 0 Å². The van der Waals surface area contributed by atoms with E-state index in [1.54, 1.807) is 7.05 Å². The lowest BCUT2D eigenvalue weighted by Crippen LogP contribution is -2.54. The predicted octanol–water partition coefficient (Wildman–Crippen LogP) is 3.35. The van der Waals surface area contributed by atoms with Crippen molar-refractivity contribution in [3.63, 3.8) is 0 Å². The van der Waals surface area contributed by atoms with Gasteiger partial charge in [-0.25, -0.2) is 0 Å². The van der Waals surface area contributed by atoms with Crippen LogP contribution in [-0.4, -0.2) is 49.0 Å². The number of anilines is 1. The summed E-state index contributed by atoms with van der Waals surface area (Å²) in [5.74, 6) is 0.857. The third kappa shape index (κ3) is 7.15. The van der Waals surface area contributed by atoms with Crippen LogP contribution < -0.4 is 16.0 Å². The fourth-order valence-electron chi connectivity index (χ4n) is 3.53. The molecule has 1 aromatic carbocycles. The highest BCUT2D eigenvalue weighted by molar-refractivity contribution is 5.90. The minimum Gasteiger partial charge on any atom is -0.355 e. The van der Waals surface area contributed by atoms with E-state index in [9.17, 15) is 4.79 Å². The van der Waals surface area contributed by atoms with E-state index in [0.29, 0.717) is 13.0 Å². The molecule has 1 saturated heterocycles. The van der Waals surface area contributed by atoms with Gasteiger partial charge in [-0.2, -0.15) is 0 Å². The Balaban J connectivity index is 1.84. The van der Waals surface area contributed by atoms with Gasteiger partial charge in [-0.1, -0.05) is 25.5 Å². The van der Waals surface area contributed by atoms with Gasteiger partial charge in [0.1, 0.15) is 0 Å². The Labute approximate surface area is 170 Å². The number of nitrogens with one attached hydrogen (secondary N) is 3. The smallest absolute Gasteiger partial charge is 0.224 e. The molecule has 0 atom stereocenters. The topological polar surface area (TPSA) is 68.8 Å². The molecular weight excluding hydrogens is 350 g/mol. The van der Waals surface area contributed by atoms with Gasteiger partial charge < -0.3 is 16.0 Å². The van der Waals surface area contributed by atoms with E-state index in [-0.39, 0.29) is 11.4 Å². The second-order valence-electron chi connectivity index (χ2n) is 8.14. The number of benzene rings is 1. The molecule has 0 spiro atoms. The number of likely N-dealkylation sites (tertiary alicyclic amines) is 1. The summed E-state index contributed by atoms with van der Waals surface area (Å²) in [5, 5.41) is 9.79. The van der Waals surface area contributed by atoms with Crippen LogP contribution >= 0.6 is 0 Å². The highest BCUT2D eigenvalue weighted by atomic mass is 16.1. The molecule has 6 nitrogen and oxygen atoms in total. The Hall–Kier alpha value is -2.08. The third-order valence-corrected chi connectivity index (χ3v) is 5.27. The molecule has 6 heteroatoms. The highest BCUT2D eigenvalue weighted by Gasteiger charge is 2.27. The van der Waals surface area contributed by atoms with Crippen LogP contribution in [0.5, 0.6) is 0 Å². The number of rotatable bonds is 8. The predicted molar refractivity (Wildman–Crippen MR) is 118 cm³/mol. The number of amides is 1. The maximum atomic E-state index is 11.8. The van der Waals surface area contributed by atoms with Gasteiger partial charge in [-0.05, 0) is 63.9 Å². The summed E-state index contributed by atoms with van der Waals surface area (Å²) in [6, 6.07) is 7.94. The molecule has 0 aliphatic carbocycles. The fraction of sp³-hybridized carbons (Fsp3) is 0.636. The first-order chi connectivity index (χ1) is 13.4. The van der Waals surface area contributed by atoms with Crippen molar-refractivity contribution in [2.24, 2.45) is 4.99 Å². The molecule has 2 rings (SSSR count). The van der Waals surface area contributed by atoms with Crippen LogP contribution in [-0.2, 0) is 11.3 Å². The SMILES string of the molecule is CCCC(=O)Nc1cccc(CNC(=NC)NCC(C)(C)N2CCCCC2)c1. The number of hydrogen-bond acceptors (Lipinski definition) is 3. The van der Waals surface area contributed by atoms with Crippen molar-refractivity contribution in [3.8, 4) is 0 Å². The lowest BCUT2D eigenvalue weighted by Gasteiger charge is -2.41. The van der Waals surface area contributed by atoms with E-state index < -0.39 is 0 Å². The van der Waals surface area contributed by atoms with Crippen LogP contribution in [0, 0.1) is 0 Å². The minimum absolute atomic E-state index is 0.0602. The van der Waals surface area contributed by atoms with E-state index >= 15 is 0 Å². The molecule has 0 saturated carbocycles. The summed E-state index contributed by atoms with van der Waals surface area (Å²) in [4.78, 5) is 18.7. The third-order valence-electron chi connectivity index (χ3n) is 5.27. The van der Waals surface area contributed by atoms with E-state index in [1.807, 2.05) is 31.2 Å². The molecule has 0 radical (unpaired) electrons. The normalized spacial score (nSPS) is 15.9. The number of piperidine rings is 1. The van der Waals surface area contributed by atoms with Gasteiger partial charge in [0, 0.05) is 37.8 Å². The van der Waals surface area contributed by atoms with Crippen molar-refractivity contribution >= 4 is 17.6 Å². The van der Waals surface area contributed by atoms with Crippen LogP contribution in [0.1, 0.15) is 58.4 Å². The van der Waals surface area contributed by atoms with Gasteiger partial charge in [0.15, 0.2) is 5.96 Å². The molecule has 1 amide bonds. The van der Waals surface area contributed by atoms with Crippen LogP contribution in [0.3, 0.4) is 0 Å². The van der Waals surface area contributed by atoms with E-state index in [2.05, 4.69) is 39.7 Å². The van der Waals surface area contributed by atoms with Gasteiger partial charge in [-0.15, -0.1) is 0 Å². The van der Waals surface area contributed by atoms with Gasteiger partial charge in [0.25, 0.3) is 0 Å². The molecular formula is C22H37N5O. The molecule has 0 aromatic heterocycles. The first-order valence-corrected chi connectivity index (χ1v) is 10.5. The van der Waals surface area contributed by atoms with Crippen LogP contribution in [0.25, 0.3) is 0 Å². The fourth-order valence-corrected chi connectivity index (χ4v) is 3.53. The molecule has 1 aliphatic rings. The van der Waals surface area contributed by atoms with E-state index in [1.165, 1.54) is 32.4 Å². The number of aliphatic imine (C=N–C) groups is 1. The summed E-state index contributed by atoms with van der Waals surface area (Å²) in [6.45, 7) is 10.4. The number of nitrogens with zero attached hydrogens (tertiary/aromatic N) is 2. The Morgan fingerprint density at radius 3 is 2.61 bits per heavy atom. The monoisotopic (exact) mass is 387 g/mol. The first-order valence-electron chi connectivity index (χ1n) is 10.5. The highest BCUT2D eigenvalue weighted by Crippen LogP contribution is 2.19. The molecule has 3 N–H and O–H groups in total. The maximum Gasteiger partial charge on any atom is 0.224 e. The van der Waals surface area contributed by atoms with Crippen molar-refractivity contribution in [1.82, 2.24) is 15.5 Å². The molecule has 1 aromatic rings. The van der Waals surface area contributed by atoms with Gasteiger partial charge in [0.05, 0.1) is 0 Å². The Kier molecular flexibility index (Phi) is 8.77. The summed E-state index contributed by atoms with van der Waals surface area (Å²) < 4.78 is 0. The van der Waals surface area contributed by atoms with E-state index in [4.69, 9.17) is 0 Å². The van der Waals surface area contributed by atoms with E-state index in [0.717, 1.165) is 30.2 Å². The van der Waals surface area contributed by atoms with Crippen molar-refractivity contribution in [1.29, 1.82) is 0 Å². The first kappa shape index (κ1) is 22.2. The molecule has 28 heavy (non-hydrogen) atoms.